The fourth-order valence-electron chi connectivity index (χ4n) is 4.12. The molecule has 0 amide bonds. The summed E-state index contributed by atoms with van der Waals surface area (Å²) >= 11 is 0. The highest BCUT2D eigenvalue weighted by molar-refractivity contribution is 4.89. The molecule has 4 unspecified atom stereocenters. The second-order valence-corrected chi connectivity index (χ2v) is 6.63. The van der Waals surface area contributed by atoms with Crippen molar-refractivity contribution in [3.05, 3.63) is 0 Å². The van der Waals surface area contributed by atoms with E-state index in [9.17, 15) is 0 Å². The molecule has 0 aromatic carbocycles. The first kappa shape index (κ1) is 13.4. The van der Waals surface area contributed by atoms with E-state index < -0.39 is 0 Å². The number of nitrogens with zero attached hydrogens (tertiary/aromatic N) is 1. The van der Waals surface area contributed by atoms with E-state index in [-0.39, 0.29) is 0 Å². The maximum atomic E-state index is 6.10. The van der Waals surface area contributed by atoms with Gasteiger partial charge in [0.1, 0.15) is 0 Å². The molecule has 1 heterocycles. The zero-order valence-electron chi connectivity index (χ0n) is 11.9. The molecule has 1 saturated carbocycles. The van der Waals surface area contributed by atoms with E-state index in [2.05, 4.69) is 25.7 Å². The van der Waals surface area contributed by atoms with E-state index in [1.807, 2.05) is 0 Å². The molecule has 1 saturated heterocycles. The van der Waals surface area contributed by atoms with Gasteiger partial charge in [-0.15, -0.1) is 0 Å². The van der Waals surface area contributed by atoms with Crippen molar-refractivity contribution in [2.75, 3.05) is 13.1 Å². The van der Waals surface area contributed by atoms with Gasteiger partial charge >= 0.3 is 0 Å². The summed E-state index contributed by atoms with van der Waals surface area (Å²) in [6.45, 7) is 9.65. The standard InChI is InChI=1S/C15H30N2/c1-11-6-4-7-12(2)15(11)17-9-5-8-14(10-17)13(3)16/h11-15H,4-10,16H2,1-3H3. The summed E-state index contributed by atoms with van der Waals surface area (Å²) in [5, 5.41) is 0. The first-order valence-electron chi connectivity index (χ1n) is 7.59. The van der Waals surface area contributed by atoms with Crippen LogP contribution in [0.4, 0.5) is 0 Å². The fraction of sp³-hybridized carbons (Fsp3) is 1.00. The lowest BCUT2D eigenvalue weighted by molar-refractivity contribution is 0.0314. The van der Waals surface area contributed by atoms with Crippen molar-refractivity contribution in [2.45, 2.75) is 65.0 Å². The minimum absolute atomic E-state index is 0.368. The predicted molar refractivity (Wildman–Crippen MR) is 73.9 cm³/mol. The van der Waals surface area contributed by atoms with Crippen molar-refractivity contribution in [3.63, 3.8) is 0 Å². The van der Waals surface area contributed by atoms with Crippen LogP contribution in [0.3, 0.4) is 0 Å². The molecule has 1 aliphatic heterocycles. The molecule has 0 aromatic rings. The Morgan fingerprint density at radius 3 is 2.29 bits per heavy atom. The zero-order valence-corrected chi connectivity index (χ0v) is 11.9. The zero-order chi connectivity index (χ0) is 12.4. The third-order valence-electron chi connectivity index (χ3n) is 5.14. The molecule has 2 heteroatoms. The van der Waals surface area contributed by atoms with Gasteiger partial charge in [-0.2, -0.15) is 0 Å². The van der Waals surface area contributed by atoms with Gasteiger partial charge in [0.25, 0.3) is 0 Å². The Morgan fingerprint density at radius 2 is 1.71 bits per heavy atom. The van der Waals surface area contributed by atoms with Crippen molar-refractivity contribution in [3.8, 4) is 0 Å². The number of nitrogens with two attached hydrogens (primary N) is 1. The molecule has 2 nitrogen and oxygen atoms in total. The topological polar surface area (TPSA) is 29.3 Å². The molecular weight excluding hydrogens is 208 g/mol. The lowest BCUT2D eigenvalue weighted by atomic mass is 9.76. The largest absolute Gasteiger partial charge is 0.328 e. The van der Waals surface area contributed by atoms with Crippen LogP contribution in [0.25, 0.3) is 0 Å². The van der Waals surface area contributed by atoms with E-state index in [0.717, 1.165) is 23.8 Å². The third kappa shape index (κ3) is 3.03. The van der Waals surface area contributed by atoms with E-state index >= 15 is 0 Å². The molecule has 2 aliphatic rings. The van der Waals surface area contributed by atoms with Crippen LogP contribution in [0.1, 0.15) is 52.9 Å². The van der Waals surface area contributed by atoms with Crippen molar-refractivity contribution < 1.29 is 0 Å². The molecule has 100 valence electrons. The molecule has 2 rings (SSSR count). The lowest BCUT2D eigenvalue weighted by Crippen LogP contribution is -2.52. The second-order valence-electron chi connectivity index (χ2n) is 6.63. The highest BCUT2D eigenvalue weighted by Gasteiger charge is 2.35. The van der Waals surface area contributed by atoms with Crippen LogP contribution in [0.2, 0.25) is 0 Å². The molecule has 1 aliphatic carbocycles. The first-order chi connectivity index (χ1) is 8.09. The Kier molecular flexibility index (Phi) is 4.48. The molecule has 0 spiro atoms. The van der Waals surface area contributed by atoms with E-state index in [1.54, 1.807) is 0 Å². The van der Waals surface area contributed by atoms with Crippen molar-refractivity contribution in [1.29, 1.82) is 0 Å². The van der Waals surface area contributed by atoms with Gasteiger partial charge in [0.2, 0.25) is 0 Å². The summed E-state index contributed by atoms with van der Waals surface area (Å²) in [6.07, 6.45) is 6.97. The Labute approximate surface area is 107 Å². The molecule has 17 heavy (non-hydrogen) atoms. The number of hydrogen-bond donors (Lipinski definition) is 1. The molecule has 0 radical (unpaired) electrons. The van der Waals surface area contributed by atoms with Gasteiger partial charge in [-0.3, -0.25) is 4.90 Å². The van der Waals surface area contributed by atoms with Gasteiger partial charge in [0.15, 0.2) is 0 Å². The Balaban J connectivity index is 2.00. The van der Waals surface area contributed by atoms with Gasteiger partial charge in [0.05, 0.1) is 0 Å². The number of hydrogen-bond acceptors (Lipinski definition) is 2. The molecule has 0 bridgehead atoms. The summed E-state index contributed by atoms with van der Waals surface area (Å²) in [6, 6.07) is 1.19. The summed E-state index contributed by atoms with van der Waals surface area (Å²) in [5.74, 6) is 2.49. The first-order valence-corrected chi connectivity index (χ1v) is 7.59. The van der Waals surface area contributed by atoms with Crippen molar-refractivity contribution in [1.82, 2.24) is 4.90 Å². The van der Waals surface area contributed by atoms with Crippen LogP contribution >= 0.6 is 0 Å². The van der Waals surface area contributed by atoms with Crippen LogP contribution in [-0.2, 0) is 0 Å². The monoisotopic (exact) mass is 238 g/mol. The highest BCUT2D eigenvalue weighted by Crippen LogP contribution is 2.35. The smallest absolute Gasteiger partial charge is 0.0147 e. The van der Waals surface area contributed by atoms with Gasteiger partial charge in [-0.1, -0.05) is 20.3 Å². The lowest BCUT2D eigenvalue weighted by Gasteiger charge is -2.46. The molecule has 2 fully saturated rings. The van der Waals surface area contributed by atoms with Gasteiger partial charge < -0.3 is 5.73 Å². The summed E-state index contributed by atoms with van der Waals surface area (Å²) in [7, 11) is 0. The van der Waals surface area contributed by atoms with Crippen molar-refractivity contribution in [2.24, 2.45) is 23.5 Å². The van der Waals surface area contributed by atoms with Crippen LogP contribution < -0.4 is 5.73 Å². The Morgan fingerprint density at radius 1 is 1.06 bits per heavy atom. The molecule has 0 aromatic heterocycles. The summed E-state index contributed by atoms with van der Waals surface area (Å²) in [5.41, 5.74) is 6.10. The van der Waals surface area contributed by atoms with Gasteiger partial charge in [-0.05, 0) is 56.9 Å². The normalized spacial score (nSPS) is 42.4. The Bertz CT molecular complexity index is 229. The second kappa shape index (κ2) is 5.71. The fourth-order valence-corrected chi connectivity index (χ4v) is 4.12. The van der Waals surface area contributed by atoms with E-state index in [1.165, 1.54) is 45.2 Å². The van der Waals surface area contributed by atoms with E-state index in [0.29, 0.717) is 6.04 Å². The van der Waals surface area contributed by atoms with Crippen LogP contribution in [0.5, 0.6) is 0 Å². The van der Waals surface area contributed by atoms with Crippen LogP contribution in [0.15, 0.2) is 0 Å². The SMILES string of the molecule is CC(N)C1CCCN(C2C(C)CCCC2C)C1. The predicted octanol–water partition coefficient (Wildman–Crippen LogP) is 2.87. The maximum Gasteiger partial charge on any atom is 0.0147 e. The number of likely N-dealkylation sites (tertiary alicyclic amines) is 1. The minimum atomic E-state index is 0.368. The average molecular weight is 238 g/mol. The number of piperidine rings is 1. The summed E-state index contributed by atoms with van der Waals surface area (Å²) in [4.78, 5) is 2.77. The van der Waals surface area contributed by atoms with Crippen LogP contribution in [0, 0.1) is 17.8 Å². The Hall–Kier alpha value is -0.0800. The quantitative estimate of drug-likeness (QED) is 0.801. The van der Waals surface area contributed by atoms with Crippen molar-refractivity contribution >= 4 is 0 Å². The number of rotatable bonds is 2. The van der Waals surface area contributed by atoms with E-state index in [4.69, 9.17) is 5.73 Å². The molecule has 4 atom stereocenters. The molecular formula is C15H30N2. The van der Waals surface area contributed by atoms with Crippen LogP contribution in [-0.4, -0.2) is 30.1 Å². The summed E-state index contributed by atoms with van der Waals surface area (Å²) < 4.78 is 0. The van der Waals surface area contributed by atoms with Gasteiger partial charge in [-0.25, -0.2) is 0 Å². The molecule has 2 N–H and O–H groups in total. The third-order valence-corrected chi connectivity index (χ3v) is 5.14. The minimum Gasteiger partial charge on any atom is -0.328 e. The maximum absolute atomic E-state index is 6.10. The average Bonchev–Trinajstić information content (AvgIpc) is 2.29. The van der Waals surface area contributed by atoms with Gasteiger partial charge in [0, 0.05) is 18.6 Å². The highest BCUT2D eigenvalue weighted by atomic mass is 15.2.